The molecule has 2 aromatic rings. The fourth-order valence-electron chi connectivity index (χ4n) is 1.36. The Morgan fingerprint density at radius 3 is 2.94 bits per heavy atom. The van der Waals surface area contributed by atoms with Gasteiger partial charge in [0.1, 0.15) is 0 Å². The summed E-state index contributed by atoms with van der Waals surface area (Å²) in [5.41, 5.74) is 6.57. The van der Waals surface area contributed by atoms with Crippen LogP contribution >= 0.6 is 0 Å². The molecular weight excluding hydrogens is 223 g/mol. The normalized spacial score (nSPS) is 11.2. The Morgan fingerprint density at radius 1 is 1.53 bits per heavy atom. The van der Waals surface area contributed by atoms with Gasteiger partial charge in [-0.25, -0.2) is 14.1 Å². The van der Waals surface area contributed by atoms with Crippen LogP contribution < -0.4 is 5.73 Å². The van der Waals surface area contributed by atoms with E-state index in [-0.39, 0.29) is 11.5 Å². The first-order valence-electron chi connectivity index (χ1n) is 4.91. The third kappa shape index (κ3) is 2.25. The molecule has 1 aromatic carbocycles. The molecule has 0 bridgehead atoms. The SMILES string of the molecule is Cc1cn(N=Cc2cccc(F)c2O)c(N)n1. The van der Waals surface area contributed by atoms with Crippen molar-refractivity contribution >= 4 is 12.2 Å². The van der Waals surface area contributed by atoms with Gasteiger partial charge < -0.3 is 10.8 Å². The number of anilines is 1. The molecule has 0 amide bonds. The lowest BCUT2D eigenvalue weighted by atomic mass is 10.2. The van der Waals surface area contributed by atoms with Crippen molar-refractivity contribution in [3.63, 3.8) is 0 Å². The van der Waals surface area contributed by atoms with Crippen molar-refractivity contribution in [2.75, 3.05) is 5.73 Å². The second-order valence-corrected chi connectivity index (χ2v) is 3.51. The maximum absolute atomic E-state index is 13.0. The van der Waals surface area contributed by atoms with Crippen LogP contribution in [0.3, 0.4) is 0 Å². The summed E-state index contributed by atoms with van der Waals surface area (Å²) in [7, 11) is 0. The zero-order chi connectivity index (χ0) is 12.4. The third-order valence-electron chi connectivity index (χ3n) is 2.17. The van der Waals surface area contributed by atoms with E-state index in [1.165, 1.54) is 23.0 Å². The van der Waals surface area contributed by atoms with Crippen LogP contribution in [-0.4, -0.2) is 21.0 Å². The molecule has 1 aromatic heterocycles. The molecule has 0 atom stereocenters. The van der Waals surface area contributed by atoms with Gasteiger partial charge in [0, 0.05) is 5.56 Å². The number of benzene rings is 1. The quantitative estimate of drug-likeness (QED) is 0.773. The molecule has 5 nitrogen and oxygen atoms in total. The number of hydrogen-bond donors (Lipinski definition) is 2. The summed E-state index contributed by atoms with van der Waals surface area (Å²) < 4.78 is 14.4. The van der Waals surface area contributed by atoms with Gasteiger partial charge in [0.05, 0.1) is 18.1 Å². The van der Waals surface area contributed by atoms with Crippen LogP contribution in [0.2, 0.25) is 0 Å². The average Bonchev–Trinajstić information content (AvgIpc) is 2.60. The maximum atomic E-state index is 13.0. The molecule has 0 saturated heterocycles. The van der Waals surface area contributed by atoms with E-state index in [0.29, 0.717) is 0 Å². The smallest absolute Gasteiger partial charge is 0.221 e. The van der Waals surface area contributed by atoms with Crippen molar-refractivity contribution in [1.82, 2.24) is 9.66 Å². The number of aromatic nitrogens is 2. The number of aryl methyl sites for hydroxylation is 1. The number of phenols is 1. The molecule has 0 aliphatic carbocycles. The molecule has 88 valence electrons. The highest BCUT2D eigenvalue weighted by Gasteiger charge is 2.04. The van der Waals surface area contributed by atoms with Crippen LogP contribution in [-0.2, 0) is 0 Å². The summed E-state index contributed by atoms with van der Waals surface area (Å²) in [4.78, 5) is 3.95. The van der Waals surface area contributed by atoms with Gasteiger partial charge in [-0.2, -0.15) is 5.10 Å². The second kappa shape index (κ2) is 4.25. The molecule has 0 saturated carbocycles. The first kappa shape index (κ1) is 11.1. The number of imidazole rings is 1. The van der Waals surface area contributed by atoms with Crippen LogP contribution in [0.15, 0.2) is 29.5 Å². The molecule has 0 aliphatic heterocycles. The Morgan fingerprint density at radius 2 is 2.29 bits per heavy atom. The van der Waals surface area contributed by atoms with Gasteiger partial charge in [-0.15, -0.1) is 0 Å². The van der Waals surface area contributed by atoms with Gasteiger partial charge >= 0.3 is 0 Å². The fourth-order valence-corrected chi connectivity index (χ4v) is 1.36. The van der Waals surface area contributed by atoms with Crippen LogP contribution in [0.25, 0.3) is 0 Å². The van der Waals surface area contributed by atoms with E-state index in [1.807, 2.05) is 0 Å². The Labute approximate surface area is 97.0 Å². The number of hydrogen-bond acceptors (Lipinski definition) is 4. The van der Waals surface area contributed by atoms with E-state index in [2.05, 4.69) is 10.1 Å². The lowest BCUT2D eigenvalue weighted by Crippen LogP contribution is -1.97. The third-order valence-corrected chi connectivity index (χ3v) is 2.17. The Balaban J connectivity index is 2.32. The minimum atomic E-state index is -0.691. The van der Waals surface area contributed by atoms with Gasteiger partial charge in [-0.3, -0.25) is 0 Å². The Bertz CT molecular complexity index is 577. The van der Waals surface area contributed by atoms with E-state index in [0.717, 1.165) is 5.69 Å². The lowest BCUT2D eigenvalue weighted by molar-refractivity contribution is 0.431. The molecule has 1 heterocycles. The number of phenolic OH excluding ortho intramolecular Hbond substituents is 1. The molecular formula is C11H11FN4O. The predicted molar refractivity (Wildman–Crippen MR) is 62.4 cm³/mol. The van der Waals surface area contributed by atoms with Gasteiger partial charge in [0.25, 0.3) is 0 Å². The summed E-state index contributed by atoms with van der Waals surface area (Å²) in [5.74, 6) is -0.898. The average molecular weight is 234 g/mol. The van der Waals surface area contributed by atoms with E-state index in [9.17, 15) is 9.50 Å². The molecule has 6 heteroatoms. The number of rotatable bonds is 2. The molecule has 0 aliphatic rings. The number of halogens is 1. The Kier molecular flexibility index (Phi) is 2.78. The number of aromatic hydroxyl groups is 1. The first-order chi connectivity index (χ1) is 8.08. The number of nitrogen functional groups attached to an aromatic ring is 1. The number of nitrogens with two attached hydrogens (primary N) is 1. The predicted octanol–water partition coefficient (Wildman–Crippen LogP) is 1.50. The van der Waals surface area contributed by atoms with E-state index >= 15 is 0 Å². The molecule has 0 fully saturated rings. The van der Waals surface area contributed by atoms with Crippen molar-refractivity contribution < 1.29 is 9.50 Å². The van der Waals surface area contributed by atoms with Crippen molar-refractivity contribution in [3.05, 3.63) is 41.5 Å². The lowest BCUT2D eigenvalue weighted by Gasteiger charge is -1.99. The van der Waals surface area contributed by atoms with Crippen LogP contribution in [0.4, 0.5) is 10.3 Å². The van der Waals surface area contributed by atoms with Crippen molar-refractivity contribution in [2.24, 2.45) is 5.10 Å². The zero-order valence-corrected chi connectivity index (χ0v) is 9.13. The molecule has 0 unspecified atom stereocenters. The van der Waals surface area contributed by atoms with Crippen molar-refractivity contribution in [1.29, 1.82) is 0 Å². The topological polar surface area (TPSA) is 76.4 Å². The molecule has 2 rings (SSSR count). The van der Waals surface area contributed by atoms with E-state index in [1.54, 1.807) is 19.2 Å². The summed E-state index contributed by atoms with van der Waals surface area (Å²) in [5, 5.41) is 13.4. The fraction of sp³-hybridized carbons (Fsp3) is 0.0909. The van der Waals surface area contributed by atoms with Gasteiger partial charge in [0.15, 0.2) is 11.6 Å². The molecule has 0 spiro atoms. The van der Waals surface area contributed by atoms with Crippen LogP contribution in [0.1, 0.15) is 11.3 Å². The summed E-state index contributed by atoms with van der Waals surface area (Å²) in [6.45, 7) is 1.78. The summed E-state index contributed by atoms with van der Waals surface area (Å²) >= 11 is 0. The monoisotopic (exact) mass is 234 g/mol. The van der Waals surface area contributed by atoms with Crippen LogP contribution in [0.5, 0.6) is 5.75 Å². The summed E-state index contributed by atoms with van der Waals surface area (Å²) in [6.07, 6.45) is 2.94. The minimum Gasteiger partial charge on any atom is -0.504 e. The van der Waals surface area contributed by atoms with Crippen LogP contribution in [0, 0.1) is 12.7 Å². The van der Waals surface area contributed by atoms with Gasteiger partial charge in [0.2, 0.25) is 5.95 Å². The second-order valence-electron chi connectivity index (χ2n) is 3.51. The number of para-hydroxylation sites is 1. The number of nitrogens with zero attached hydrogens (tertiary/aromatic N) is 3. The maximum Gasteiger partial charge on any atom is 0.221 e. The largest absolute Gasteiger partial charge is 0.504 e. The van der Waals surface area contributed by atoms with E-state index < -0.39 is 11.6 Å². The summed E-state index contributed by atoms with van der Waals surface area (Å²) in [6, 6.07) is 4.20. The first-order valence-corrected chi connectivity index (χ1v) is 4.91. The van der Waals surface area contributed by atoms with Gasteiger partial charge in [-0.1, -0.05) is 6.07 Å². The van der Waals surface area contributed by atoms with Gasteiger partial charge in [-0.05, 0) is 19.1 Å². The Hall–Kier alpha value is -2.37. The highest BCUT2D eigenvalue weighted by molar-refractivity contribution is 5.83. The highest BCUT2D eigenvalue weighted by Crippen LogP contribution is 2.18. The minimum absolute atomic E-state index is 0.231. The zero-order valence-electron chi connectivity index (χ0n) is 9.13. The van der Waals surface area contributed by atoms with Crippen molar-refractivity contribution in [2.45, 2.75) is 6.92 Å². The van der Waals surface area contributed by atoms with E-state index in [4.69, 9.17) is 5.73 Å². The highest BCUT2D eigenvalue weighted by atomic mass is 19.1. The molecule has 17 heavy (non-hydrogen) atoms. The molecule has 0 radical (unpaired) electrons. The standard InChI is InChI=1S/C11H11FN4O/c1-7-6-16(11(13)15-7)14-5-8-3-2-4-9(12)10(8)17/h2-6,17H,1H3,(H2,13,15). The molecule has 3 N–H and O–H groups in total. The van der Waals surface area contributed by atoms with Crippen molar-refractivity contribution in [3.8, 4) is 5.75 Å².